The summed E-state index contributed by atoms with van der Waals surface area (Å²) in [6, 6.07) is 1.09. The van der Waals surface area contributed by atoms with Crippen molar-refractivity contribution in [2.24, 2.45) is 5.73 Å². The van der Waals surface area contributed by atoms with Crippen LogP contribution >= 0.6 is 22.7 Å². The largest absolute Gasteiger partial charge is 0.396 e. The minimum atomic E-state index is -0.310. The second-order valence-electron chi connectivity index (χ2n) is 9.50. The molecule has 5 rings (SSSR count). The molecule has 0 saturated carbocycles. The lowest BCUT2D eigenvalue weighted by atomic mass is 9.91. The van der Waals surface area contributed by atoms with Crippen molar-refractivity contribution < 1.29 is 18.7 Å². The van der Waals surface area contributed by atoms with Gasteiger partial charge < -0.3 is 31.2 Å². The highest BCUT2D eigenvalue weighted by Gasteiger charge is 2.34. The molecule has 0 aromatic carbocycles. The van der Waals surface area contributed by atoms with E-state index in [2.05, 4.69) is 10.3 Å². The molecule has 1 aliphatic carbocycles. The third kappa shape index (κ3) is 4.92. The molecule has 4 unspecified atom stereocenters. The number of carbonyl (C=O) groups excluding carboxylic acids is 1. The summed E-state index contributed by atoms with van der Waals surface area (Å²) in [6.45, 7) is 5.40. The van der Waals surface area contributed by atoms with E-state index in [0.29, 0.717) is 60.9 Å². The first-order chi connectivity index (χ1) is 17.2. The minimum Gasteiger partial charge on any atom is -0.396 e. The summed E-state index contributed by atoms with van der Waals surface area (Å²) in [4.78, 5) is 25.3. The Morgan fingerprint density at radius 3 is 2.92 bits per heavy atom. The van der Waals surface area contributed by atoms with Crippen molar-refractivity contribution in [1.29, 1.82) is 0 Å². The fraction of sp³-hybridized carbons (Fsp3) is 0.542. The van der Waals surface area contributed by atoms with Gasteiger partial charge in [-0.3, -0.25) is 4.79 Å². The van der Waals surface area contributed by atoms with Crippen molar-refractivity contribution in [3.63, 3.8) is 0 Å². The van der Waals surface area contributed by atoms with Crippen LogP contribution in [0.3, 0.4) is 0 Å². The van der Waals surface area contributed by atoms with E-state index in [1.165, 1.54) is 28.7 Å². The third-order valence-electron chi connectivity index (χ3n) is 6.83. The average Bonchev–Trinajstić information content (AvgIpc) is 3.50. The Morgan fingerprint density at radius 2 is 2.17 bits per heavy atom. The van der Waals surface area contributed by atoms with Crippen LogP contribution in [0.4, 0.5) is 15.9 Å². The first-order valence-corrected chi connectivity index (χ1v) is 13.7. The average molecular weight is 535 g/mol. The van der Waals surface area contributed by atoms with Gasteiger partial charge in [0.2, 0.25) is 0 Å². The number of halogens is 1. The van der Waals surface area contributed by atoms with E-state index in [9.17, 15) is 4.79 Å². The number of aromatic nitrogens is 2. The number of nitrogens with two attached hydrogens (primary N) is 2. The van der Waals surface area contributed by atoms with Crippen LogP contribution in [0.5, 0.6) is 0 Å². The van der Waals surface area contributed by atoms with Gasteiger partial charge in [0, 0.05) is 43.6 Å². The van der Waals surface area contributed by atoms with Gasteiger partial charge in [-0.1, -0.05) is 0 Å². The number of aryl methyl sites for hydroxylation is 2. The van der Waals surface area contributed by atoms with Gasteiger partial charge in [-0.2, -0.15) is 0 Å². The third-order valence-corrected chi connectivity index (χ3v) is 9.07. The molecule has 2 aliphatic rings. The Hall–Kier alpha value is -2.38. The van der Waals surface area contributed by atoms with E-state index in [-0.39, 0.29) is 36.0 Å². The van der Waals surface area contributed by atoms with Crippen molar-refractivity contribution in [2.45, 2.75) is 57.4 Å². The number of methoxy groups -OCH3 is 1. The maximum absolute atomic E-state index is 15.2. The van der Waals surface area contributed by atoms with Crippen LogP contribution in [0.25, 0.3) is 9.53 Å². The highest BCUT2D eigenvalue weighted by Crippen LogP contribution is 2.37. The van der Waals surface area contributed by atoms with Crippen LogP contribution in [-0.2, 0) is 22.3 Å². The molecule has 1 amide bonds. The highest BCUT2D eigenvalue weighted by atomic mass is 32.1. The summed E-state index contributed by atoms with van der Waals surface area (Å²) < 4.78 is 27.2. The lowest BCUT2D eigenvalue weighted by Crippen LogP contribution is -2.39. The number of carbonyl (C=O) groups is 1. The molecule has 3 aromatic heterocycles. The number of hydrogen-bond donors (Lipinski definition) is 3. The molecule has 36 heavy (non-hydrogen) atoms. The number of hydrogen-bond acceptors (Lipinski definition) is 10. The fourth-order valence-corrected chi connectivity index (χ4v) is 6.85. The number of nitrogen functional groups attached to an aromatic ring is 1. The summed E-state index contributed by atoms with van der Waals surface area (Å²) in [5.74, 6) is 0.0266. The molecule has 1 aliphatic heterocycles. The first kappa shape index (κ1) is 25.3. The Balaban J connectivity index is 1.25. The van der Waals surface area contributed by atoms with Gasteiger partial charge in [-0.15, -0.1) is 22.7 Å². The maximum Gasteiger partial charge on any atom is 0.263 e. The second kappa shape index (κ2) is 10.2. The zero-order chi connectivity index (χ0) is 25.6. The Morgan fingerprint density at radius 1 is 1.36 bits per heavy atom. The van der Waals surface area contributed by atoms with E-state index in [0.717, 1.165) is 20.2 Å². The van der Waals surface area contributed by atoms with Gasteiger partial charge in [0.25, 0.3) is 5.91 Å². The number of rotatable bonds is 7. The molecule has 9 nitrogen and oxygen atoms in total. The predicted molar refractivity (Wildman–Crippen MR) is 141 cm³/mol. The minimum absolute atomic E-state index is 0.0206. The summed E-state index contributed by atoms with van der Waals surface area (Å²) in [5, 5.41) is 3.96. The molecule has 0 spiro atoms. The molecular formula is C24H31FN6O3S2. The predicted octanol–water partition coefficient (Wildman–Crippen LogP) is 2.64. The number of nitrogens with one attached hydrogen (secondary N) is 1. The lowest BCUT2D eigenvalue weighted by Gasteiger charge is -2.27. The Labute approximate surface area is 217 Å². The van der Waals surface area contributed by atoms with Crippen LogP contribution in [-0.4, -0.2) is 67.0 Å². The van der Waals surface area contributed by atoms with E-state index in [1.807, 2.05) is 18.7 Å². The van der Waals surface area contributed by atoms with Gasteiger partial charge in [0.1, 0.15) is 21.3 Å². The molecule has 0 bridgehead atoms. The first-order valence-electron chi connectivity index (χ1n) is 12.0. The number of thiophene rings is 1. The standard InChI is InChI=1S/C24H31FN6O3S2/c1-11(33-3)10-34-18-9-31(8-16(18)26)19-7-15(25)14-6-13(4-5-17(14)30-19)29-23(32)21-20(27)22-24(36-21)28-12(2)35-22/h7,11,13,16,18H,4-6,8-10,26-27H2,1-3H3,(H,29,32). The lowest BCUT2D eigenvalue weighted by molar-refractivity contribution is -0.0166. The zero-order valence-corrected chi connectivity index (χ0v) is 22.2. The number of amides is 1. The van der Waals surface area contributed by atoms with Gasteiger partial charge >= 0.3 is 0 Å². The topological polar surface area (TPSA) is 129 Å². The van der Waals surface area contributed by atoms with Crippen molar-refractivity contribution in [3.8, 4) is 0 Å². The molecule has 194 valence electrons. The van der Waals surface area contributed by atoms with E-state index >= 15 is 4.39 Å². The van der Waals surface area contributed by atoms with Gasteiger partial charge in [0.15, 0.2) is 0 Å². The molecule has 4 heterocycles. The van der Waals surface area contributed by atoms with Crippen molar-refractivity contribution >= 4 is 49.6 Å². The quantitative estimate of drug-likeness (QED) is 0.422. The molecule has 5 N–H and O–H groups in total. The number of pyridine rings is 1. The normalized spacial score (nSPS) is 22.7. The summed E-state index contributed by atoms with van der Waals surface area (Å²) in [5.41, 5.74) is 14.2. The fourth-order valence-electron chi connectivity index (χ4n) is 4.75. The molecule has 12 heteroatoms. The van der Waals surface area contributed by atoms with Crippen LogP contribution < -0.4 is 21.7 Å². The number of ether oxygens (including phenoxy) is 2. The number of thiazole rings is 1. The molecule has 1 fully saturated rings. The molecule has 1 saturated heterocycles. The van der Waals surface area contributed by atoms with Gasteiger partial charge in [0.05, 0.1) is 40.3 Å². The smallest absolute Gasteiger partial charge is 0.263 e. The summed E-state index contributed by atoms with van der Waals surface area (Å²) in [7, 11) is 1.64. The summed E-state index contributed by atoms with van der Waals surface area (Å²) >= 11 is 2.78. The Kier molecular flexibility index (Phi) is 7.14. The number of anilines is 2. The molecular weight excluding hydrogens is 503 g/mol. The van der Waals surface area contributed by atoms with E-state index in [1.54, 1.807) is 7.11 Å². The van der Waals surface area contributed by atoms with Crippen LogP contribution in [0.15, 0.2) is 6.07 Å². The molecule has 4 atom stereocenters. The van der Waals surface area contributed by atoms with Crippen LogP contribution in [0, 0.1) is 12.7 Å². The highest BCUT2D eigenvalue weighted by molar-refractivity contribution is 7.29. The molecule has 0 radical (unpaired) electrons. The SMILES string of the molecule is COC(C)COC1CN(c2cc(F)c3c(n2)CCC(NC(=O)c2sc4nc(C)sc4c2N)C3)CC1N. The maximum atomic E-state index is 15.2. The second-order valence-corrected chi connectivity index (χ2v) is 11.7. The van der Waals surface area contributed by atoms with E-state index < -0.39 is 0 Å². The van der Waals surface area contributed by atoms with Gasteiger partial charge in [-0.05, 0) is 33.1 Å². The zero-order valence-electron chi connectivity index (χ0n) is 20.5. The van der Waals surface area contributed by atoms with Crippen molar-refractivity contribution in [2.75, 3.05) is 37.4 Å². The van der Waals surface area contributed by atoms with Gasteiger partial charge in [-0.25, -0.2) is 14.4 Å². The van der Waals surface area contributed by atoms with E-state index in [4.69, 9.17) is 25.9 Å². The Bertz CT molecular complexity index is 1280. The van der Waals surface area contributed by atoms with Crippen LogP contribution in [0.1, 0.15) is 39.3 Å². The van der Waals surface area contributed by atoms with Crippen molar-refractivity contribution in [1.82, 2.24) is 15.3 Å². The van der Waals surface area contributed by atoms with Crippen molar-refractivity contribution in [3.05, 3.63) is 33.0 Å². The monoisotopic (exact) mass is 534 g/mol. The van der Waals surface area contributed by atoms with Crippen LogP contribution in [0.2, 0.25) is 0 Å². The summed E-state index contributed by atoms with van der Waals surface area (Å²) in [6.07, 6.45) is 1.45. The number of nitrogens with zero attached hydrogens (tertiary/aromatic N) is 3. The molecule has 3 aromatic rings. The number of fused-ring (bicyclic) bond motifs is 2.